The summed E-state index contributed by atoms with van der Waals surface area (Å²) >= 11 is 1.79. The van der Waals surface area contributed by atoms with Crippen LogP contribution in [0.25, 0.3) is 22.2 Å². The van der Waals surface area contributed by atoms with Gasteiger partial charge in [-0.15, -0.1) is 11.3 Å². The van der Waals surface area contributed by atoms with Crippen molar-refractivity contribution in [3.63, 3.8) is 0 Å². The number of carbonyl (C=O) groups is 1. The van der Waals surface area contributed by atoms with Crippen LogP contribution in [0.5, 0.6) is 0 Å². The molecule has 1 saturated heterocycles. The number of nitrogens with one attached hydrogen (secondary N) is 2. The lowest BCUT2D eigenvalue weighted by molar-refractivity contribution is -0.138. The lowest BCUT2D eigenvalue weighted by atomic mass is 9.88. The second-order valence-electron chi connectivity index (χ2n) is 12.8. The second-order valence-corrected chi connectivity index (χ2v) is 13.7. The van der Waals surface area contributed by atoms with Crippen LogP contribution < -0.4 is 10.6 Å². The highest BCUT2D eigenvalue weighted by molar-refractivity contribution is 7.10. The first kappa shape index (κ1) is 29.4. The van der Waals surface area contributed by atoms with E-state index in [-0.39, 0.29) is 18.1 Å². The summed E-state index contributed by atoms with van der Waals surface area (Å²) in [6.07, 6.45) is 6.52. The van der Waals surface area contributed by atoms with E-state index in [1.165, 1.54) is 40.1 Å². The molecule has 8 nitrogen and oxygen atoms in total. The Hall–Kier alpha value is -3.27. The number of anilines is 1. The van der Waals surface area contributed by atoms with Crippen LogP contribution in [0.1, 0.15) is 79.6 Å². The lowest BCUT2D eigenvalue weighted by Crippen LogP contribution is -2.43. The van der Waals surface area contributed by atoms with Crippen molar-refractivity contribution in [1.82, 2.24) is 24.8 Å². The van der Waals surface area contributed by atoms with Crippen molar-refractivity contribution in [2.24, 2.45) is 11.8 Å². The zero-order valence-corrected chi connectivity index (χ0v) is 27.0. The Kier molecular flexibility index (Phi) is 8.44. The molecule has 44 heavy (non-hydrogen) atoms. The van der Waals surface area contributed by atoms with E-state index in [0.29, 0.717) is 18.4 Å². The minimum atomic E-state index is 0.0183. The van der Waals surface area contributed by atoms with Gasteiger partial charge in [-0.1, -0.05) is 37.1 Å². The number of hydrogen-bond donors (Lipinski definition) is 2. The summed E-state index contributed by atoms with van der Waals surface area (Å²) in [4.78, 5) is 26.2. The van der Waals surface area contributed by atoms with Gasteiger partial charge in [-0.2, -0.15) is 0 Å². The highest BCUT2D eigenvalue weighted by Gasteiger charge is 2.36. The monoisotopic (exact) mass is 612 g/mol. The number of ether oxygens (including phenoxy) is 1. The molecule has 1 aliphatic carbocycles. The molecule has 2 aliphatic heterocycles. The molecular weight excluding hydrogens is 568 g/mol. The quantitative estimate of drug-likeness (QED) is 0.226. The summed E-state index contributed by atoms with van der Waals surface area (Å²) in [5, 5.41) is 10.3. The summed E-state index contributed by atoms with van der Waals surface area (Å²) < 4.78 is 8.82. The predicted octanol–water partition coefficient (Wildman–Crippen LogP) is 6.86. The minimum Gasteiger partial charge on any atom is -0.370 e. The van der Waals surface area contributed by atoms with Gasteiger partial charge in [0.05, 0.1) is 18.0 Å². The molecule has 9 heteroatoms. The first-order valence-corrected chi connectivity index (χ1v) is 17.2. The number of aryl methyl sites for hydroxylation is 1. The fourth-order valence-electron chi connectivity index (χ4n) is 7.57. The van der Waals surface area contributed by atoms with E-state index in [0.717, 1.165) is 74.5 Å². The molecular formula is C35H44N6O2S. The van der Waals surface area contributed by atoms with Gasteiger partial charge in [-0.05, 0) is 86.7 Å². The van der Waals surface area contributed by atoms with Gasteiger partial charge < -0.3 is 24.8 Å². The van der Waals surface area contributed by atoms with Crippen LogP contribution >= 0.6 is 11.3 Å². The van der Waals surface area contributed by atoms with Crippen LogP contribution in [0.2, 0.25) is 0 Å². The molecule has 4 aromatic rings. The number of rotatable bonds is 8. The van der Waals surface area contributed by atoms with Gasteiger partial charge in [0.2, 0.25) is 5.91 Å². The molecule has 232 valence electrons. The average molecular weight is 613 g/mol. The lowest BCUT2D eigenvalue weighted by Gasteiger charge is -2.38. The fourth-order valence-corrected chi connectivity index (χ4v) is 8.48. The van der Waals surface area contributed by atoms with Gasteiger partial charge in [-0.25, -0.2) is 9.97 Å². The second kappa shape index (κ2) is 12.6. The standard InChI is InChI=1S/C35H44N6O2S/c1-22(31-18-27(21-44-31)28-11-7-6-10-26(28)20-36-3)37-33-29-19-30-32(43-17-16-41(30)34(29)39-23(2)38-33)24-12-14-40(15-13-24)35(42)25-8-4-5-9-25/h6-7,10-11,18-19,21-22,24-25,32,36H,4-5,8-9,12-17,20H2,1-3H3,(H,37,38,39)/t22-,32?/m1/s1. The highest BCUT2D eigenvalue weighted by atomic mass is 32.1. The molecule has 0 radical (unpaired) electrons. The van der Waals surface area contributed by atoms with Crippen molar-refractivity contribution in [1.29, 1.82) is 0 Å². The Bertz CT molecular complexity index is 1630. The van der Waals surface area contributed by atoms with Crippen molar-refractivity contribution in [3.8, 4) is 11.1 Å². The van der Waals surface area contributed by atoms with E-state index in [9.17, 15) is 4.79 Å². The number of amides is 1. The number of fused-ring (bicyclic) bond motifs is 3. The molecule has 3 aliphatic rings. The van der Waals surface area contributed by atoms with Crippen LogP contribution in [0.4, 0.5) is 5.82 Å². The van der Waals surface area contributed by atoms with Crippen LogP contribution in [-0.4, -0.2) is 52.1 Å². The first-order chi connectivity index (χ1) is 21.5. The maximum absolute atomic E-state index is 13.0. The van der Waals surface area contributed by atoms with Gasteiger partial charge in [0.1, 0.15) is 23.4 Å². The molecule has 2 fully saturated rings. The smallest absolute Gasteiger partial charge is 0.225 e. The molecule has 5 heterocycles. The van der Waals surface area contributed by atoms with Gasteiger partial charge in [0.15, 0.2) is 0 Å². The van der Waals surface area contributed by atoms with Crippen LogP contribution in [0.3, 0.4) is 0 Å². The van der Waals surface area contributed by atoms with Crippen LogP contribution in [-0.2, 0) is 22.6 Å². The van der Waals surface area contributed by atoms with Crippen molar-refractivity contribution in [3.05, 3.63) is 63.7 Å². The van der Waals surface area contributed by atoms with Crippen molar-refractivity contribution < 1.29 is 9.53 Å². The summed E-state index contributed by atoms with van der Waals surface area (Å²) in [5.74, 6) is 2.68. The van der Waals surface area contributed by atoms with Crippen molar-refractivity contribution in [2.75, 3.05) is 32.1 Å². The highest BCUT2D eigenvalue weighted by Crippen LogP contribution is 2.41. The fraction of sp³-hybridized carbons (Fsp3) is 0.514. The average Bonchev–Trinajstić information content (AvgIpc) is 3.82. The van der Waals surface area contributed by atoms with Gasteiger partial charge in [-0.3, -0.25) is 4.79 Å². The summed E-state index contributed by atoms with van der Waals surface area (Å²) in [6, 6.07) is 13.3. The predicted molar refractivity (Wildman–Crippen MR) is 177 cm³/mol. The zero-order valence-electron chi connectivity index (χ0n) is 26.1. The van der Waals surface area contributed by atoms with E-state index >= 15 is 0 Å². The number of carbonyl (C=O) groups excluding carboxylic acids is 1. The summed E-state index contributed by atoms with van der Waals surface area (Å²) in [6.45, 7) is 8.18. The topological polar surface area (TPSA) is 84.3 Å². The van der Waals surface area contributed by atoms with E-state index in [4.69, 9.17) is 14.7 Å². The number of hydrogen-bond acceptors (Lipinski definition) is 7. The SMILES string of the molecule is CNCc1ccccc1-c1csc([C@@H](C)Nc2nc(C)nc3c2cc2n3CCOC2C2CCN(C(=O)C3CCCC3)CC2)c1. The molecule has 1 saturated carbocycles. The number of aromatic nitrogens is 3. The Morgan fingerprint density at radius 3 is 2.68 bits per heavy atom. The van der Waals surface area contributed by atoms with Gasteiger partial charge in [0.25, 0.3) is 0 Å². The maximum Gasteiger partial charge on any atom is 0.225 e. The number of thiophene rings is 1. The Morgan fingerprint density at radius 2 is 1.89 bits per heavy atom. The maximum atomic E-state index is 13.0. The Labute approximate surface area is 264 Å². The third-order valence-electron chi connectivity index (χ3n) is 9.88. The van der Waals surface area contributed by atoms with Crippen molar-refractivity contribution in [2.45, 2.75) is 77.6 Å². The Morgan fingerprint density at radius 1 is 1.09 bits per heavy atom. The van der Waals surface area contributed by atoms with E-state index in [1.54, 1.807) is 11.3 Å². The van der Waals surface area contributed by atoms with Crippen LogP contribution in [0.15, 0.2) is 41.8 Å². The third kappa shape index (κ3) is 5.66. The number of likely N-dealkylation sites (tertiary alicyclic amines) is 1. The van der Waals surface area contributed by atoms with E-state index < -0.39 is 0 Å². The largest absolute Gasteiger partial charge is 0.370 e. The minimum absolute atomic E-state index is 0.0183. The molecule has 7 rings (SSSR count). The third-order valence-corrected chi connectivity index (χ3v) is 11.0. The molecule has 3 aromatic heterocycles. The molecule has 0 bridgehead atoms. The summed E-state index contributed by atoms with van der Waals surface area (Å²) in [7, 11) is 1.99. The number of benzene rings is 1. The number of piperidine rings is 1. The number of nitrogens with zero attached hydrogens (tertiary/aromatic N) is 4. The molecule has 1 aromatic carbocycles. The molecule has 1 amide bonds. The molecule has 0 spiro atoms. The summed E-state index contributed by atoms with van der Waals surface area (Å²) in [5.41, 5.74) is 6.01. The van der Waals surface area contributed by atoms with Gasteiger partial charge in [0, 0.05) is 42.7 Å². The van der Waals surface area contributed by atoms with E-state index in [2.05, 4.69) is 68.8 Å². The molecule has 1 unspecified atom stereocenters. The van der Waals surface area contributed by atoms with Gasteiger partial charge >= 0.3 is 0 Å². The van der Waals surface area contributed by atoms with E-state index in [1.807, 2.05) is 14.0 Å². The van der Waals surface area contributed by atoms with Crippen LogP contribution in [0, 0.1) is 18.8 Å². The molecule has 2 N–H and O–H groups in total. The Balaban J connectivity index is 1.11. The van der Waals surface area contributed by atoms with Crippen molar-refractivity contribution >= 4 is 34.1 Å². The molecule has 2 atom stereocenters. The first-order valence-electron chi connectivity index (χ1n) is 16.4. The normalized spacial score (nSPS) is 20.2. The zero-order chi connectivity index (χ0) is 30.2.